The summed E-state index contributed by atoms with van der Waals surface area (Å²) >= 11 is -0.193. The standard InChI is InChI=1S/C3H6OSe/c1-2-3-5-4/h2,4H,1,3H2. The third-order valence-electron chi connectivity index (χ3n) is 0.192. The first-order valence-corrected chi connectivity index (χ1v) is 3.27. The fourth-order valence-corrected chi connectivity index (χ4v) is 0.274. The molecular formula is C3H6OSe. The second-order valence-corrected chi connectivity index (χ2v) is 1.83. The van der Waals surface area contributed by atoms with E-state index in [1.807, 2.05) is 0 Å². The summed E-state index contributed by atoms with van der Waals surface area (Å²) in [5.41, 5.74) is 0. The maximum atomic E-state index is 8.06. The van der Waals surface area contributed by atoms with E-state index >= 15 is 0 Å². The van der Waals surface area contributed by atoms with Crippen LogP contribution in [-0.4, -0.2) is 19.5 Å². The Morgan fingerprint density at radius 2 is 2.60 bits per heavy atom. The van der Waals surface area contributed by atoms with E-state index in [1.54, 1.807) is 6.08 Å². The SMILES string of the molecule is C=CC[Se]O. The molecule has 0 aliphatic carbocycles. The molecule has 0 aromatic carbocycles. The summed E-state index contributed by atoms with van der Waals surface area (Å²) in [5, 5.41) is 0.771. The second kappa shape index (κ2) is 4.22. The Bertz CT molecular complexity index is 28.1. The van der Waals surface area contributed by atoms with E-state index in [0.29, 0.717) is 0 Å². The molecule has 30 valence electrons. The average molecular weight is 137 g/mol. The Hall–Kier alpha value is 0.219. The first-order chi connectivity index (χ1) is 2.41. The van der Waals surface area contributed by atoms with Crippen LogP contribution >= 0.6 is 0 Å². The number of hydrogen-bond acceptors (Lipinski definition) is 1. The Morgan fingerprint density at radius 3 is 2.60 bits per heavy atom. The maximum absolute atomic E-state index is 8.06. The molecule has 0 atom stereocenters. The summed E-state index contributed by atoms with van der Waals surface area (Å²) < 4.78 is 8.06. The van der Waals surface area contributed by atoms with E-state index < -0.39 is 0 Å². The Balaban J connectivity index is 2.40. The molecule has 0 rings (SSSR count). The number of hydrogen-bond donors (Lipinski definition) is 1. The normalized spacial score (nSPS) is 7.40. The molecule has 0 fully saturated rings. The van der Waals surface area contributed by atoms with Crippen molar-refractivity contribution in [1.82, 2.24) is 0 Å². The topological polar surface area (TPSA) is 20.2 Å². The summed E-state index contributed by atoms with van der Waals surface area (Å²) in [5.74, 6) is 0. The van der Waals surface area contributed by atoms with Crippen LogP contribution in [0.4, 0.5) is 0 Å². The zero-order chi connectivity index (χ0) is 4.12. The second-order valence-electron chi connectivity index (χ2n) is 0.584. The average Bonchev–Trinajstić information content (AvgIpc) is 1.41. The third kappa shape index (κ3) is 4.22. The van der Waals surface area contributed by atoms with Gasteiger partial charge in [-0.05, 0) is 0 Å². The number of allylic oxidation sites excluding steroid dienone is 1. The van der Waals surface area contributed by atoms with Crippen molar-refractivity contribution in [2.45, 2.75) is 5.32 Å². The Kier molecular flexibility index (Phi) is 4.40. The van der Waals surface area contributed by atoms with Crippen LogP contribution in [0.3, 0.4) is 0 Å². The van der Waals surface area contributed by atoms with Crippen LogP contribution in [0.1, 0.15) is 0 Å². The van der Waals surface area contributed by atoms with Gasteiger partial charge in [-0.2, -0.15) is 0 Å². The van der Waals surface area contributed by atoms with Crippen molar-refractivity contribution in [3.8, 4) is 0 Å². The molecule has 0 aromatic rings. The molecule has 0 radical (unpaired) electrons. The van der Waals surface area contributed by atoms with Crippen LogP contribution in [0.2, 0.25) is 5.32 Å². The quantitative estimate of drug-likeness (QED) is 0.425. The fourth-order valence-electron chi connectivity index (χ4n) is 0.0527. The molecule has 1 N–H and O–H groups in total. The summed E-state index contributed by atoms with van der Waals surface area (Å²) in [6, 6.07) is 0. The molecule has 0 unspecified atom stereocenters. The zero-order valence-electron chi connectivity index (χ0n) is 2.85. The van der Waals surface area contributed by atoms with Crippen molar-refractivity contribution >= 4 is 15.3 Å². The molecule has 0 saturated heterocycles. The van der Waals surface area contributed by atoms with Gasteiger partial charge in [-0.1, -0.05) is 0 Å². The van der Waals surface area contributed by atoms with Gasteiger partial charge in [0.05, 0.1) is 0 Å². The van der Waals surface area contributed by atoms with Crippen molar-refractivity contribution in [3.63, 3.8) is 0 Å². The molecule has 0 aliphatic heterocycles. The van der Waals surface area contributed by atoms with E-state index in [-0.39, 0.29) is 15.3 Å². The van der Waals surface area contributed by atoms with E-state index in [1.165, 1.54) is 0 Å². The minimum absolute atomic E-state index is 0.193. The van der Waals surface area contributed by atoms with Crippen LogP contribution in [0, 0.1) is 0 Å². The molecule has 5 heavy (non-hydrogen) atoms. The van der Waals surface area contributed by atoms with Crippen molar-refractivity contribution in [3.05, 3.63) is 12.7 Å². The van der Waals surface area contributed by atoms with Crippen LogP contribution in [0.15, 0.2) is 12.7 Å². The van der Waals surface area contributed by atoms with Gasteiger partial charge in [-0.25, -0.2) is 0 Å². The van der Waals surface area contributed by atoms with Crippen LogP contribution in [0.25, 0.3) is 0 Å². The molecule has 0 aromatic heterocycles. The van der Waals surface area contributed by atoms with Crippen LogP contribution in [-0.2, 0) is 0 Å². The summed E-state index contributed by atoms with van der Waals surface area (Å²) in [4.78, 5) is 0. The predicted molar refractivity (Wildman–Crippen MR) is 23.0 cm³/mol. The van der Waals surface area contributed by atoms with E-state index in [2.05, 4.69) is 6.58 Å². The molecule has 0 heterocycles. The van der Waals surface area contributed by atoms with Gasteiger partial charge < -0.3 is 0 Å². The van der Waals surface area contributed by atoms with E-state index in [4.69, 9.17) is 4.19 Å². The van der Waals surface area contributed by atoms with Gasteiger partial charge in [0, 0.05) is 0 Å². The fraction of sp³-hybridized carbons (Fsp3) is 0.333. The molecule has 0 amide bonds. The van der Waals surface area contributed by atoms with Crippen LogP contribution < -0.4 is 0 Å². The van der Waals surface area contributed by atoms with Gasteiger partial charge in [0.15, 0.2) is 0 Å². The van der Waals surface area contributed by atoms with Crippen LogP contribution in [0.5, 0.6) is 0 Å². The van der Waals surface area contributed by atoms with E-state index in [0.717, 1.165) is 5.32 Å². The Labute approximate surface area is 38.2 Å². The molecule has 2 heteroatoms. The van der Waals surface area contributed by atoms with Gasteiger partial charge in [-0.15, -0.1) is 0 Å². The van der Waals surface area contributed by atoms with Gasteiger partial charge in [0.1, 0.15) is 0 Å². The molecule has 1 nitrogen and oxygen atoms in total. The monoisotopic (exact) mass is 138 g/mol. The van der Waals surface area contributed by atoms with Crippen molar-refractivity contribution < 1.29 is 4.19 Å². The number of rotatable bonds is 2. The third-order valence-corrected chi connectivity index (χ3v) is 1.000. The molecule has 0 saturated carbocycles. The molecule has 0 spiro atoms. The molecular weight excluding hydrogens is 131 g/mol. The van der Waals surface area contributed by atoms with E-state index in [9.17, 15) is 0 Å². The molecule has 0 aliphatic rings. The van der Waals surface area contributed by atoms with Gasteiger partial charge in [-0.3, -0.25) is 0 Å². The first kappa shape index (κ1) is 5.22. The Morgan fingerprint density at radius 1 is 2.00 bits per heavy atom. The summed E-state index contributed by atoms with van der Waals surface area (Å²) in [6.45, 7) is 3.41. The first-order valence-electron chi connectivity index (χ1n) is 1.29. The predicted octanol–water partition coefficient (Wildman–Crippen LogP) is 0.202. The summed E-state index contributed by atoms with van der Waals surface area (Å²) in [6.07, 6.45) is 1.71. The van der Waals surface area contributed by atoms with Crippen molar-refractivity contribution in [2.75, 3.05) is 0 Å². The minimum atomic E-state index is -0.193. The summed E-state index contributed by atoms with van der Waals surface area (Å²) in [7, 11) is 0. The van der Waals surface area contributed by atoms with Gasteiger partial charge in [0.25, 0.3) is 0 Å². The van der Waals surface area contributed by atoms with Gasteiger partial charge in [0.2, 0.25) is 0 Å². The zero-order valence-corrected chi connectivity index (χ0v) is 4.56. The molecule has 0 bridgehead atoms. The van der Waals surface area contributed by atoms with Gasteiger partial charge >= 0.3 is 37.4 Å². The van der Waals surface area contributed by atoms with Crippen molar-refractivity contribution in [2.24, 2.45) is 0 Å². The van der Waals surface area contributed by atoms with Crippen molar-refractivity contribution in [1.29, 1.82) is 0 Å².